The van der Waals surface area contributed by atoms with Gasteiger partial charge < -0.3 is 14.9 Å². The molecule has 2 aromatic carbocycles. The van der Waals surface area contributed by atoms with Crippen LogP contribution in [-0.2, 0) is 11.2 Å². The monoisotopic (exact) mass is 258 g/mol. The zero-order chi connectivity index (χ0) is 13.7. The second kappa shape index (κ2) is 5.91. The van der Waals surface area contributed by atoms with Crippen molar-refractivity contribution in [3.8, 4) is 11.5 Å². The lowest BCUT2D eigenvalue weighted by Crippen LogP contribution is -2.29. The fraction of sp³-hybridized carbons (Fsp3) is 0.133. The summed E-state index contributed by atoms with van der Waals surface area (Å²) in [7, 11) is 0. The molecule has 0 spiro atoms. The molecule has 2 aromatic rings. The summed E-state index contributed by atoms with van der Waals surface area (Å²) in [6.07, 6.45) is -0.711. The van der Waals surface area contributed by atoms with Crippen molar-refractivity contribution in [2.24, 2.45) is 0 Å². The average Bonchev–Trinajstić information content (AvgIpc) is 2.41. The van der Waals surface area contributed by atoms with E-state index in [1.807, 2.05) is 6.07 Å². The Balaban J connectivity index is 2.08. The molecule has 0 aliphatic heterocycles. The molecule has 0 aromatic heterocycles. The van der Waals surface area contributed by atoms with Gasteiger partial charge in [0, 0.05) is 6.42 Å². The van der Waals surface area contributed by atoms with Gasteiger partial charge in [0.2, 0.25) is 0 Å². The maximum atomic E-state index is 11.2. The Bertz CT molecular complexity index is 534. The molecule has 1 unspecified atom stereocenters. The van der Waals surface area contributed by atoms with E-state index in [9.17, 15) is 15.0 Å². The molecule has 0 fully saturated rings. The smallest absolute Gasteiger partial charge is 0.345 e. The van der Waals surface area contributed by atoms with Crippen LogP contribution in [0.25, 0.3) is 0 Å². The summed E-state index contributed by atoms with van der Waals surface area (Å²) in [5.74, 6) is -0.342. The van der Waals surface area contributed by atoms with Gasteiger partial charge in [-0.05, 0) is 29.8 Å². The van der Waals surface area contributed by atoms with Crippen molar-refractivity contribution >= 4 is 5.97 Å². The number of aliphatic carboxylic acids is 1. The van der Waals surface area contributed by atoms with Gasteiger partial charge in [-0.2, -0.15) is 0 Å². The summed E-state index contributed by atoms with van der Waals surface area (Å²) >= 11 is 0. The standard InChI is InChI=1S/C15H14O4/c16-12-8-6-11(7-9-12)10-14(15(17)18)19-13-4-2-1-3-5-13/h1-9,14,16H,10H2,(H,17,18). The number of phenolic OH excluding ortho intramolecular Hbond substituents is 1. The molecule has 0 amide bonds. The number of carbonyl (C=O) groups is 1. The van der Waals surface area contributed by atoms with Gasteiger partial charge in [0.15, 0.2) is 6.10 Å². The summed E-state index contributed by atoms with van der Waals surface area (Å²) in [4.78, 5) is 11.2. The molecule has 4 nitrogen and oxygen atoms in total. The van der Waals surface area contributed by atoms with Crippen LogP contribution in [0.15, 0.2) is 54.6 Å². The van der Waals surface area contributed by atoms with Crippen LogP contribution in [0, 0.1) is 0 Å². The molecule has 0 heterocycles. The molecule has 0 saturated heterocycles. The van der Waals surface area contributed by atoms with Crippen LogP contribution in [0.3, 0.4) is 0 Å². The zero-order valence-corrected chi connectivity index (χ0v) is 10.2. The number of para-hydroxylation sites is 1. The second-order valence-corrected chi connectivity index (χ2v) is 4.13. The van der Waals surface area contributed by atoms with Crippen molar-refractivity contribution in [3.05, 3.63) is 60.2 Å². The van der Waals surface area contributed by atoms with Crippen LogP contribution in [0.1, 0.15) is 5.56 Å². The normalized spacial score (nSPS) is 11.8. The first kappa shape index (κ1) is 13.0. The number of hydrogen-bond acceptors (Lipinski definition) is 3. The second-order valence-electron chi connectivity index (χ2n) is 4.13. The van der Waals surface area contributed by atoms with E-state index in [0.717, 1.165) is 5.56 Å². The number of benzene rings is 2. The number of aromatic hydroxyl groups is 1. The zero-order valence-electron chi connectivity index (χ0n) is 10.2. The molecule has 1 atom stereocenters. The third-order valence-corrected chi connectivity index (χ3v) is 2.65. The summed E-state index contributed by atoms with van der Waals surface area (Å²) in [5.41, 5.74) is 0.793. The van der Waals surface area contributed by atoms with Crippen molar-refractivity contribution in [2.45, 2.75) is 12.5 Å². The summed E-state index contributed by atoms with van der Waals surface area (Å²) in [6.45, 7) is 0. The van der Waals surface area contributed by atoms with Crippen molar-refractivity contribution in [1.29, 1.82) is 0 Å². The third-order valence-electron chi connectivity index (χ3n) is 2.65. The Morgan fingerprint density at radius 1 is 1.05 bits per heavy atom. The van der Waals surface area contributed by atoms with Gasteiger partial charge in [-0.3, -0.25) is 0 Å². The number of carboxylic acid groups (broad SMARTS) is 1. The Hall–Kier alpha value is -2.49. The van der Waals surface area contributed by atoms with E-state index in [-0.39, 0.29) is 12.2 Å². The molecule has 0 aliphatic carbocycles. The van der Waals surface area contributed by atoms with Gasteiger partial charge in [-0.25, -0.2) is 4.79 Å². The van der Waals surface area contributed by atoms with Crippen molar-refractivity contribution < 1.29 is 19.7 Å². The lowest BCUT2D eigenvalue weighted by molar-refractivity contribution is -0.145. The minimum absolute atomic E-state index is 0.152. The van der Waals surface area contributed by atoms with Crippen molar-refractivity contribution in [2.75, 3.05) is 0 Å². The lowest BCUT2D eigenvalue weighted by Gasteiger charge is -2.15. The number of ether oxygens (including phenoxy) is 1. The van der Waals surface area contributed by atoms with Gasteiger partial charge >= 0.3 is 5.97 Å². The van der Waals surface area contributed by atoms with E-state index < -0.39 is 12.1 Å². The minimum Gasteiger partial charge on any atom is -0.508 e. The maximum absolute atomic E-state index is 11.2. The van der Waals surface area contributed by atoms with E-state index in [1.165, 1.54) is 12.1 Å². The van der Waals surface area contributed by atoms with E-state index in [4.69, 9.17) is 4.74 Å². The highest BCUT2D eigenvalue weighted by molar-refractivity contribution is 5.73. The highest BCUT2D eigenvalue weighted by Crippen LogP contribution is 2.16. The molecular weight excluding hydrogens is 244 g/mol. The first-order valence-electron chi connectivity index (χ1n) is 5.87. The lowest BCUT2D eigenvalue weighted by atomic mass is 10.1. The highest BCUT2D eigenvalue weighted by atomic mass is 16.5. The van der Waals surface area contributed by atoms with E-state index in [2.05, 4.69) is 0 Å². The van der Waals surface area contributed by atoms with Crippen molar-refractivity contribution in [3.63, 3.8) is 0 Å². The quantitative estimate of drug-likeness (QED) is 0.864. The Morgan fingerprint density at radius 3 is 2.26 bits per heavy atom. The predicted molar refractivity (Wildman–Crippen MR) is 70.3 cm³/mol. The van der Waals surface area contributed by atoms with E-state index in [1.54, 1.807) is 36.4 Å². The average molecular weight is 258 g/mol. The fourth-order valence-electron chi connectivity index (χ4n) is 1.69. The summed E-state index contributed by atoms with van der Waals surface area (Å²) < 4.78 is 5.45. The van der Waals surface area contributed by atoms with Gasteiger partial charge in [0.25, 0.3) is 0 Å². The number of carboxylic acids is 1. The predicted octanol–water partition coefficient (Wildman–Crippen LogP) is 2.47. The van der Waals surface area contributed by atoms with Crippen LogP contribution >= 0.6 is 0 Å². The number of rotatable bonds is 5. The Morgan fingerprint density at radius 2 is 1.68 bits per heavy atom. The van der Waals surface area contributed by atoms with Gasteiger partial charge in [0.05, 0.1) is 0 Å². The van der Waals surface area contributed by atoms with Crippen LogP contribution < -0.4 is 4.74 Å². The SMILES string of the molecule is O=C(O)C(Cc1ccc(O)cc1)Oc1ccccc1. The molecule has 0 aliphatic rings. The Labute approximate surface area is 110 Å². The largest absolute Gasteiger partial charge is 0.508 e. The molecule has 2 N–H and O–H groups in total. The Kier molecular flexibility index (Phi) is 4.03. The molecule has 19 heavy (non-hydrogen) atoms. The molecule has 0 saturated carbocycles. The number of phenols is 1. The fourth-order valence-corrected chi connectivity index (χ4v) is 1.69. The van der Waals surface area contributed by atoms with E-state index >= 15 is 0 Å². The van der Waals surface area contributed by atoms with Crippen LogP contribution in [0.2, 0.25) is 0 Å². The van der Waals surface area contributed by atoms with Crippen LogP contribution in [0.4, 0.5) is 0 Å². The molecule has 98 valence electrons. The molecule has 2 rings (SSSR count). The summed E-state index contributed by atoms with van der Waals surface area (Å²) in [5, 5.41) is 18.4. The van der Waals surface area contributed by atoms with Crippen molar-refractivity contribution in [1.82, 2.24) is 0 Å². The molecule has 0 bridgehead atoms. The van der Waals surface area contributed by atoms with Crippen LogP contribution in [-0.4, -0.2) is 22.3 Å². The number of hydrogen-bond donors (Lipinski definition) is 2. The third kappa shape index (κ3) is 3.74. The van der Waals surface area contributed by atoms with Crippen LogP contribution in [0.5, 0.6) is 11.5 Å². The maximum Gasteiger partial charge on any atom is 0.345 e. The molecule has 0 radical (unpaired) electrons. The molecule has 4 heteroatoms. The first-order chi connectivity index (χ1) is 9.15. The van der Waals surface area contributed by atoms with E-state index in [0.29, 0.717) is 5.75 Å². The minimum atomic E-state index is -1.02. The first-order valence-corrected chi connectivity index (χ1v) is 5.87. The summed E-state index contributed by atoms with van der Waals surface area (Å²) in [6, 6.07) is 15.2. The van der Waals surface area contributed by atoms with Gasteiger partial charge in [-0.15, -0.1) is 0 Å². The highest BCUT2D eigenvalue weighted by Gasteiger charge is 2.19. The topological polar surface area (TPSA) is 66.8 Å². The molecular formula is C15H14O4. The van der Waals surface area contributed by atoms with Gasteiger partial charge in [0.1, 0.15) is 11.5 Å². The van der Waals surface area contributed by atoms with Gasteiger partial charge in [-0.1, -0.05) is 30.3 Å².